The summed E-state index contributed by atoms with van der Waals surface area (Å²) in [5.74, 6) is -6.53. The summed E-state index contributed by atoms with van der Waals surface area (Å²) in [5.41, 5.74) is 8.08. The summed E-state index contributed by atoms with van der Waals surface area (Å²) in [7, 11) is 0. The molecule has 11 N–H and O–H groups in total. The van der Waals surface area contributed by atoms with Crippen LogP contribution >= 0.6 is 23.1 Å². The number of nitrogens with two attached hydrogens (primary N) is 2. The Balaban J connectivity index is 1.20. The highest BCUT2D eigenvalue weighted by Crippen LogP contribution is 2.40. The van der Waals surface area contributed by atoms with Gasteiger partial charge >= 0.3 is 11.9 Å². The minimum atomic E-state index is -1.82. The Labute approximate surface area is 328 Å². The number of β-lactam (4-membered cyclic amide) rings is 1. The molecule has 1 unspecified atom stereocenters. The van der Waals surface area contributed by atoms with Gasteiger partial charge in [-0.3, -0.25) is 28.9 Å². The van der Waals surface area contributed by atoms with Crippen molar-refractivity contribution in [1.82, 2.24) is 30.2 Å². The number of carboxylic acids is 2. The number of aromatic nitrogens is 4. The van der Waals surface area contributed by atoms with Gasteiger partial charge < -0.3 is 52.8 Å². The molecule has 2 aliphatic heterocycles. The molecule has 25 heteroatoms. The molecule has 5 heterocycles. The van der Waals surface area contributed by atoms with Gasteiger partial charge in [-0.1, -0.05) is 11.2 Å². The van der Waals surface area contributed by atoms with Crippen LogP contribution in [-0.2, 0) is 35.4 Å². The maximum Gasteiger partial charge on any atom is 0.352 e. The molecule has 3 aromatic heterocycles. The molecule has 0 bridgehead atoms. The van der Waals surface area contributed by atoms with Crippen molar-refractivity contribution < 1.29 is 58.7 Å². The third-order valence-electron chi connectivity index (χ3n) is 8.05. The molecule has 0 aliphatic carbocycles. The third kappa shape index (κ3) is 9.27. The van der Waals surface area contributed by atoms with Crippen LogP contribution in [0.4, 0.5) is 16.6 Å². The number of carboxylic acid groups (broad SMARTS) is 2. The Kier molecular flexibility index (Phi) is 12.1. The van der Waals surface area contributed by atoms with Gasteiger partial charge in [-0.2, -0.15) is 4.73 Å². The fourth-order valence-corrected chi connectivity index (χ4v) is 6.91. The quantitative estimate of drug-likeness (QED) is 0.0275. The molecule has 0 aromatic carbocycles. The molecule has 0 radical (unpaired) electrons. The van der Waals surface area contributed by atoms with Crippen molar-refractivity contribution in [3.8, 4) is 5.75 Å². The summed E-state index contributed by atoms with van der Waals surface area (Å²) in [6.07, 6.45) is 6.33. The maximum absolute atomic E-state index is 13.3. The number of nitrogen functional groups attached to an aromatic ring is 2. The standard InChI is InChI=1S/C32H33N11O12S2/c1-32(2,30(52)53)55-40-21(16-12-57-31(34)38-16)26(48)39-22-27(49)43-23(29(50)51)14(11-56-28(22)43)4-3-7-41-9-15(24(33)36-13-41)37-20(46)5-6-35-25(47)17-8-18(44)19(45)10-42(17)54/h3-4,8-10,12-13,22,28,33,54H,5-7,11H2,1-2H3,(H8,34,35,37,38,39,45,46,47,48,50,51,52,53)/p+1/b4-3+,40-21-/t22-,28?/m1/s1. The number of amides is 4. The summed E-state index contributed by atoms with van der Waals surface area (Å²) < 4.78 is 1.79. The normalized spacial score (nSPS) is 16.8. The molecule has 3 aromatic rings. The number of nitrogens with zero attached hydrogens (tertiary/aromatic N) is 6. The van der Waals surface area contributed by atoms with E-state index in [2.05, 4.69) is 31.1 Å². The lowest BCUT2D eigenvalue weighted by Gasteiger charge is -2.49. The van der Waals surface area contributed by atoms with Crippen LogP contribution in [0.1, 0.15) is 36.5 Å². The third-order valence-corrected chi connectivity index (χ3v) is 10.0. The highest BCUT2D eigenvalue weighted by molar-refractivity contribution is 8.00. The Morgan fingerprint density at radius 1 is 1.19 bits per heavy atom. The van der Waals surface area contributed by atoms with Crippen molar-refractivity contribution >= 4 is 81.0 Å². The van der Waals surface area contributed by atoms with Crippen molar-refractivity contribution in [3.05, 3.63) is 75.2 Å². The molecule has 5 rings (SSSR count). The number of hydrogen-bond donors (Lipinski definition) is 9. The lowest BCUT2D eigenvalue weighted by atomic mass is 10.0. The number of nitrogens with one attached hydrogen (secondary N) is 3. The first-order valence-electron chi connectivity index (χ1n) is 16.3. The first-order chi connectivity index (χ1) is 26.9. The number of aromatic hydroxyl groups is 1. The molecule has 300 valence electrons. The zero-order chi connectivity index (χ0) is 41.8. The second-order valence-corrected chi connectivity index (χ2v) is 14.5. The fraction of sp³-hybridized carbons (Fsp3) is 0.281. The molecule has 0 spiro atoms. The van der Waals surface area contributed by atoms with Gasteiger partial charge in [0.15, 0.2) is 22.3 Å². The van der Waals surface area contributed by atoms with Crippen LogP contribution in [0.3, 0.4) is 0 Å². The van der Waals surface area contributed by atoms with E-state index in [1.807, 2.05) is 0 Å². The molecule has 4 amide bonds. The van der Waals surface area contributed by atoms with E-state index in [1.165, 1.54) is 54.2 Å². The number of carbonyl (C=O) groups is 6. The number of oxime groups is 1. The first kappa shape index (κ1) is 41.1. The van der Waals surface area contributed by atoms with Crippen LogP contribution in [0.25, 0.3) is 0 Å². The number of thiazole rings is 1. The molecule has 2 atom stereocenters. The molecule has 2 aliphatic rings. The molecular weight excluding hydrogens is 795 g/mol. The number of rotatable bonds is 15. The van der Waals surface area contributed by atoms with Crippen molar-refractivity contribution in [2.75, 3.05) is 29.1 Å². The molecule has 1 fully saturated rings. The zero-order valence-corrected chi connectivity index (χ0v) is 31.4. The number of aliphatic carboxylic acids is 2. The van der Waals surface area contributed by atoms with E-state index in [9.17, 15) is 54.1 Å². The van der Waals surface area contributed by atoms with E-state index in [0.29, 0.717) is 6.20 Å². The Morgan fingerprint density at radius 3 is 2.60 bits per heavy atom. The molecule has 1 saturated heterocycles. The first-order valence-corrected chi connectivity index (χ1v) is 18.3. The van der Waals surface area contributed by atoms with E-state index in [1.54, 1.807) is 6.08 Å². The number of anilines is 3. The monoisotopic (exact) mass is 828 g/mol. The van der Waals surface area contributed by atoms with Crippen LogP contribution in [-0.4, -0.2) is 111 Å². The number of pyridine rings is 1. The van der Waals surface area contributed by atoms with Gasteiger partial charge in [-0.25, -0.2) is 19.1 Å². The van der Waals surface area contributed by atoms with E-state index in [-0.39, 0.29) is 63.6 Å². The molecule has 57 heavy (non-hydrogen) atoms. The predicted octanol–water partition coefficient (Wildman–Crippen LogP) is -1.57. The number of hydrogen-bond acceptors (Lipinski definition) is 17. The number of thioether (sulfide) groups is 1. The molecule has 23 nitrogen and oxygen atoms in total. The van der Waals surface area contributed by atoms with Gasteiger partial charge in [0.05, 0.1) is 6.20 Å². The lowest BCUT2D eigenvalue weighted by Crippen LogP contribution is -2.71. The van der Waals surface area contributed by atoms with Gasteiger partial charge in [-0.15, -0.1) is 23.1 Å². The average molecular weight is 829 g/mol. The van der Waals surface area contributed by atoms with Gasteiger partial charge in [0.25, 0.3) is 29.9 Å². The Hall–Kier alpha value is -7.02. The zero-order valence-electron chi connectivity index (χ0n) is 29.7. The van der Waals surface area contributed by atoms with Crippen molar-refractivity contribution in [3.63, 3.8) is 0 Å². The predicted molar refractivity (Wildman–Crippen MR) is 199 cm³/mol. The van der Waals surface area contributed by atoms with Gasteiger partial charge in [-0.05, 0) is 30.5 Å². The summed E-state index contributed by atoms with van der Waals surface area (Å²) >= 11 is 2.17. The van der Waals surface area contributed by atoms with Crippen LogP contribution in [0.5, 0.6) is 5.75 Å². The summed E-state index contributed by atoms with van der Waals surface area (Å²) in [4.78, 5) is 101. The van der Waals surface area contributed by atoms with E-state index in [4.69, 9.17) is 16.3 Å². The van der Waals surface area contributed by atoms with Crippen molar-refractivity contribution in [2.24, 2.45) is 5.16 Å². The summed E-state index contributed by atoms with van der Waals surface area (Å²) in [5, 5.41) is 50.4. The van der Waals surface area contributed by atoms with E-state index >= 15 is 0 Å². The van der Waals surface area contributed by atoms with Crippen LogP contribution in [0, 0.1) is 0 Å². The van der Waals surface area contributed by atoms with Crippen LogP contribution in [0.15, 0.2) is 63.5 Å². The second kappa shape index (κ2) is 16.8. The summed E-state index contributed by atoms with van der Waals surface area (Å²) in [6.45, 7) is 2.34. The fourth-order valence-electron chi connectivity index (χ4n) is 5.04. The van der Waals surface area contributed by atoms with Gasteiger partial charge in [0, 0.05) is 30.2 Å². The van der Waals surface area contributed by atoms with Crippen LogP contribution < -0.4 is 37.4 Å². The highest BCUT2D eigenvalue weighted by atomic mass is 32.2. The lowest BCUT2D eigenvalue weighted by molar-refractivity contribution is -0.689. The number of fused-ring (bicyclic) bond motifs is 1. The van der Waals surface area contributed by atoms with E-state index in [0.717, 1.165) is 22.3 Å². The second-order valence-electron chi connectivity index (χ2n) is 12.5. The van der Waals surface area contributed by atoms with Gasteiger partial charge in [0.2, 0.25) is 16.9 Å². The summed E-state index contributed by atoms with van der Waals surface area (Å²) in [6, 6.07) is -0.447. The Bertz CT molecular complexity index is 2320. The topological polar surface area (TPSA) is 348 Å². The van der Waals surface area contributed by atoms with E-state index < -0.39 is 75.2 Å². The van der Waals surface area contributed by atoms with Crippen LogP contribution in [0.2, 0.25) is 0 Å². The van der Waals surface area contributed by atoms with Crippen molar-refractivity contribution in [2.45, 2.75) is 43.8 Å². The molecular formula is C32H34N11O12S2+. The smallest absolute Gasteiger partial charge is 0.352 e. The number of carbonyl (C=O) groups excluding carboxylic acids is 4. The average Bonchev–Trinajstić information content (AvgIpc) is 3.58. The maximum atomic E-state index is 13.3. The van der Waals surface area contributed by atoms with Crippen molar-refractivity contribution in [1.29, 1.82) is 0 Å². The number of allylic oxidation sites excluding steroid dienone is 2. The molecule has 0 saturated carbocycles. The Morgan fingerprint density at radius 2 is 1.93 bits per heavy atom. The minimum Gasteiger partial charge on any atom is -0.503 e. The van der Waals surface area contributed by atoms with Gasteiger partial charge in [0.1, 0.15) is 41.2 Å². The largest absolute Gasteiger partial charge is 0.503 e. The SMILES string of the molecule is CC(C)(O/N=C(\C(=O)N[C@@H]1C(=O)N2C(C(=O)O)=C(/C=C/C[n+]3cnc(N)c(NC(=O)CCNC(=O)c4cc(=O)c(O)cn4O)c3)CSC12)c1csc(N)n1)C(=O)O. The minimum absolute atomic E-state index is 0.0322. The highest BCUT2D eigenvalue weighted by Gasteiger charge is 2.54.